The van der Waals surface area contributed by atoms with Crippen molar-refractivity contribution in [3.05, 3.63) is 29.8 Å². The van der Waals surface area contributed by atoms with Gasteiger partial charge in [0.25, 0.3) is 0 Å². The number of hydrogen-bond donors (Lipinski definition) is 5. The van der Waals surface area contributed by atoms with Gasteiger partial charge in [-0.2, -0.15) is 0 Å². The topological polar surface area (TPSA) is 98.7 Å². The summed E-state index contributed by atoms with van der Waals surface area (Å²) in [6.45, 7) is -0.506. The molecule has 0 radical (unpaired) electrons. The summed E-state index contributed by atoms with van der Waals surface area (Å²) in [7, 11) is 0. The molecule has 16 heavy (non-hydrogen) atoms. The van der Waals surface area contributed by atoms with Crippen molar-refractivity contribution < 1.29 is 15.3 Å². The van der Waals surface area contributed by atoms with Gasteiger partial charge in [0.05, 0.1) is 6.61 Å². The zero-order valence-electron chi connectivity index (χ0n) is 8.50. The number of anilines is 1. The normalized spacial score (nSPS) is 14.2. The highest BCUT2D eigenvalue weighted by Gasteiger charge is 2.17. The molecule has 0 saturated carbocycles. The molecule has 0 aliphatic carbocycles. The van der Waals surface area contributed by atoms with Crippen LogP contribution in [0.25, 0.3) is 0 Å². The number of benzene rings is 1. The highest BCUT2D eigenvalue weighted by Crippen LogP contribution is 2.20. The van der Waals surface area contributed by atoms with E-state index in [1.165, 1.54) is 0 Å². The molecule has 1 aromatic carbocycles. The number of nitrogens with one attached hydrogen (secondary N) is 1. The average Bonchev–Trinajstić information content (AvgIpc) is 2.26. The Morgan fingerprint density at radius 1 is 1.44 bits per heavy atom. The van der Waals surface area contributed by atoms with E-state index < -0.39 is 18.8 Å². The molecule has 0 aliphatic rings. The Morgan fingerprint density at radius 3 is 2.69 bits per heavy atom. The van der Waals surface area contributed by atoms with Crippen LogP contribution in [-0.2, 0) is 0 Å². The summed E-state index contributed by atoms with van der Waals surface area (Å²) in [6.07, 6.45) is -2.35. The van der Waals surface area contributed by atoms with E-state index in [-0.39, 0.29) is 5.11 Å². The van der Waals surface area contributed by atoms with Crippen LogP contribution in [0.5, 0.6) is 0 Å². The van der Waals surface area contributed by atoms with Gasteiger partial charge < -0.3 is 26.4 Å². The fraction of sp³-hybridized carbons (Fsp3) is 0.300. The number of thiocarbonyl (C=S) groups is 1. The van der Waals surface area contributed by atoms with Crippen LogP contribution in [0.2, 0.25) is 0 Å². The van der Waals surface area contributed by atoms with Crippen molar-refractivity contribution in [1.82, 2.24) is 0 Å². The van der Waals surface area contributed by atoms with Crippen molar-refractivity contribution in [2.24, 2.45) is 5.73 Å². The van der Waals surface area contributed by atoms with Gasteiger partial charge in [-0.05, 0) is 29.9 Å². The largest absolute Gasteiger partial charge is 0.394 e. The standard InChI is InChI=1S/C10H14N2O3S/c11-10(16)12-7-3-1-2-6(4-7)9(15)8(14)5-13/h1-4,8-9,13-15H,5H2,(H3,11,12,16). The van der Waals surface area contributed by atoms with Crippen LogP contribution in [0.4, 0.5) is 5.69 Å². The molecule has 2 unspecified atom stereocenters. The lowest BCUT2D eigenvalue weighted by Gasteiger charge is -2.16. The highest BCUT2D eigenvalue weighted by atomic mass is 32.1. The van der Waals surface area contributed by atoms with Gasteiger partial charge in [0.15, 0.2) is 5.11 Å². The minimum Gasteiger partial charge on any atom is -0.394 e. The van der Waals surface area contributed by atoms with E-state index in [2.05, 4.69) is 17.5 Å². The van der Waals surface area contributed by atoms with Crippen molar-refractivity contribution in [1.29, 1.82) is 0 Å². The van der Waals surface area contributed by atoms with Crippen molar-refractivity contribution in [2.45, 2.75) is 12.2 Å². The number of rotatable bonds is 4. The second-order valence-electron chi connectivity index (χ2n) is 3.31. The Labute approximate surface area is 98.5 Å². The summed E-state index contributed by atoms with van der Waals surface area (Å²) in [5.74, 6) is 0. The molecule has 0 spiro atoms. The molecule has 1 rings (SSSR count). The predicted molar refractivity (Wildman–Crippen MR) is 64.9 cm³/mol. The summed E-state index contributed by atoms with van der Waals surface area (Å²) >= 11 is 4.68. The van der Waals surface area contributed by atoms with E-state index in [0.29, 0.717) is 11.3 Å². The van der Waals surface area contributed by atoms with Gasteiger partial charge in [-0.1, -0.05) is 12.1 Å². The third kappa shape index (κ3) is 3.42. The quantitative estimate of drug-likeness (QED) is 0.466. The van der Waals surface area contributed by atoms with Crippen LogP contribution in [0.15, 0.2) is 24.3 Å². The van der Waals surface area contributed by atoms with E-state index >= 15 is 0 Å². The number of aliphatic hydroxyl groups is 3. The Kier molecular flexibility index (Phi) is 4.63. The maximum absolute atomic E-state index is 9.65. The Balaban J connectivity index is 2.85. The zero-order chi connectivity index (χ0) is 12.1. The summed E-state index contributed by atoms with van der Waals surface area (Å²) in [6, 6.07) is 6.64. The van der Waals surface area contributed by atoms with Crippen LogP contribution in [-0.4, -0.2) is 33.1 Å². The summed E-state index contributed by atoms with van der Waals surface area (Å²) in [4.78, 5) is 0. The van der Waals surface area contributed by atoms with Crippen molar-refractivity contribution in [3.63, 3.8) is 0 Å². The molecular weight excluding hydrogens is 228 g/mol. The third-order valence-corrected chi connectivity index (χ3v) is 2.15. The third-order valence-electron chi connectivity index (χ3n) is 2.05. The molecule has 0 saturated heterocycles. The van der Waals surface area contributed by atoms with Gasteiger partial charge in [-0.25, -0.2) is 0 Å². The Hall–Kier alpha value is -1.21. The lowest BCUT2D eigenvalue weighted by molar-refractivity contribution is -0.0152. The summed E-state index contributed by atoms with van der Waals surface area (Å²) < 4.78 is 0. The number of nitrogens with two attached hydrogens (primary N) is 1. The first-order valence-electron chi connectivity index (χ1n) is 4.68. The van der Waals surface area contributed by atoms with Crippen molar-refractivity contribution in [3.8, 4) is 0 Å². The van der Waals surface area contributed by atoms with Gasteiger partial charge in [-0.3, -0.25) is 0 Å². The monoisotopic (exact) mass is 242 g/mol. The fourth-order valence-corrected chi connectivity index (χ4v) is 1.38. The van der Waals surface area contributed by atoms with E-state index in [1.54, 1.807) is 24.3 Å². The molecule has 6 N–H and O–H groups in total. The van der Waals surface area contributed by atoms with E-state index in [0.717, 1.165) is 0 Å². The van der Waals surface area contributed by atoms with Crippen LogP contribution in [0.3, 0.4) is 0 Å². The zero-order valence-corrected chi connectivity index (χ0v) is 9.31. The molecule has 0 bridgehead atoms. The fourth-order valence-electron chi connectivity index (χ4n) is 1.26. The van der Waals surface area contributed by atoms with Crippen LogP contribution >= 0.6 is 12.2 Å². The number of aliphatic hydroxyl groups excluding tert-OH is 3. The average molecular weight is 242 g/mol. The van der Waals surface area contributed by atoms with Crippen LogP contribution in [0.1, 0.15) is 11.7 Å². The number of hydrogen-bond acceptors (Lipinski definition) is 4. The molecule has 0 amide bonds. The minimum absolute atomic E-state index is 0.120. The van der Waals surface area contributed by atoms with Gasteiger partial charge >= 0.3 is 0 Å². The molecule has 2 atom stereocenters. The van der Waals surface area contributed by atoms with Crippen molar-refractivity contribution >= 4 is 23.0 Å². The second-order valence-corrected chi connectivity index (χ2v) is 3.75. The van der Waals surface area contributed by atoms with Gasteiger partial charge in [0, 0.05) is 5.69 Å². The molecule has 6 heteroatoms. The summed E-state index contributed by atoms with van der Waals surface area (Å²) in [5, 5.41) is 30.5. The smallest absolute Gasteiger partial charge is 0.168 e. The van der Waals surface area contributed by atoms with Gasteiger partial charge in [0.2, 0.25) is 0 Å². The second kappa shape index (κ2) is 5.76. The molecule has 0 aromatic heterocycles. The molecule has 0 aliphatic heterocycles. The molecular formula is C10H14N2O3S. The van der Waals surface area contributed by atoms with E-state index in [4.69, 9.17) is 10.8 Å². The minimum atomic E-state index is -1.21. The lowest BCUT2D eigenvalue weighted by atomic mass is 10.0. The summed E-state index contributed by atoms with van der Waals surface area (Å²) in [5.41, 5.74) is 6.40. The predicted octanol–water partition coefficient (Wildman–Crippen LogP) is -0.271. The highest BCUT2D eigenvalue weighted by molar-refractivity contribution is 7.80. The Morgan fingerprint density at radius 2 is 2.12 bits per heavy atom. The molecule has 0 heterocycles. The van der Waals surface area contributed by atoms with Crippen molar-refractivity contribution in [2.75, 3.05) is 11.9 Å². The first-order chi connectivity index (χ1) is 7.54. The Bertz CT molecular complexity index is 373. The first-order valence-corrected chi connectivity index (χ1v) is 5.09. The van der Waals surface area contributed by atoms with Gasteiger partial charge in [-0.15, -0.1) is 0 Å². The van der Waals surface area contributed by atoms with Gasteiger partial charge in [0.1, 0.15) is 12.2 Å². The van der Waals surface area contributed by atoms with E-state index in [1.807, 2.05) is 0 Å². The van der Waals surface area contributed by atoms with Crippen LogP contribution in [0, 0.1) is 0 Å². The SMILES string of the molecule is NC(=S)Nc1cccc(C(O)C(O)CO)c1. The maximum atomic E-state index is 9.65. The molecule has 0 fully saturated rings. The molecule has 1 aromatic rings. The molecule has 88 valence electrons. The molecule has 5 nitrogen and oxygen atoms in total. The first kappa shape index (κ1) is 12.9. The van der Waals surface area contributed by atoms with Crippen LogP contribution < -0.4 is 11.1 Å². The van der Waals surface area contributed by atoms with E-state index in [9.17, 15) is 10.2 Å². The maximum Gasteiger partial charge on any atom is 0.168 e. The lowest BCUT2D eigenvalue weighted by Crippen LogP contribution is -2.22.